The maximum absolute atomic E-state index is 11.5. The second-order valence-electron chi connectivity index (χ2n) is 4.73. The van der Waals surface area contributed by atoms with Crippen molar-refractivity contribution in [3.8, 4) is 5.75 Å². The summed E-state index contributed by atoms with van der Waals surface area (Å²) < 4.78 is 5.42. The van der Waals surface area contributed by atoms with Crippen LogP contribution in [0.2, 0.25) is 0 Å². The minimum atomic E-state index is -0.568. The largest absolute Gasteiger partial charge is 0.492 e. The monoisotopic (exact) mass is 252 g/mol. The van der Waals surface area contributed by atoms with Crippen LogP contribution in [-0.4, -0.2) is 34.8 Å². The number of amides is 1. The number of nitrogens with one attached hydrogen (secondary N) is 1. The molecule has 18 heavy (non-hydrogen) atoms. The molecule has 1 aromatic heterocycles. The van der Waals surface area contributed by atoms with Gasteiger partial charge >= 0.3 is 0 Å². The van der Waals surface area contributed by atoms with E-state index in [9.17, 15) is 4.79 Å². The molecule has 0 saturated heterocycles. The predicted molar refractivity (Wildman–Crippen MR) is 68.3 cm³/mol. The third-order valence-corrected chi connectivity index (χ3v) is 2.32. The molecule has 1 aromatic rings. The van der Waals surface area contributed by atoms with Crippen molar-refractivity contribution < 1.29 is 14.6 Å². The molecule has 1 rings (SSSR count). The SMILES string of the molecule is CC(C)(CO)NC(=O)CCCOc1cccnc1. The topological polar surface area (TPSA) is 71.5 Å². The molecule has 0 bridgehead atoms. The van der Waals surface area contributed by atoms with Crippen molar-refractivity contribution in [2.45, 2.75) is 32.2 Å². The summed E-state index contributed by atoms with van der Waals surface area (Å²) in [6.45, 7) is 3.94. The average Bonchev–Trinajstić information content (AvgIpc) is 2.35. The Morgan fingerprint density at radius 3 is 2.94 bits per heavy atom. The first kappa shape index (κ1) is 14.4. The standard InChI is InChI=1S/C13H20N2O3/c1-13(2,10-16)15-12(17)6-4-8-18-11-5-3-7-14-9-11/h3,5,7,9,16H,4,6,8,10H2,1-2H3,(H,15,17). The number of ether oxygens (including phenoxy) is 1. The summed E-state index contributed by atoms with van der Waals surface area (Å²) in [7, 11) is 0. The first-order valence-electron chi connectivity index (χ1n) is 5.98. The lowest BCUT2D eigenvalue weighted by Gasteiger charge is -2.23. The highest BCUT2D eigenvalue weighted by Gasteiger charge is 2.18. The third kappa shape index (κ3) is 5.63. The number of nitrogens with zero attached hydrogens (tertiary/aromatic N) is 1. The number of hydrogen-bond donors (Lipinski definition) is 2. The van der Waals surface area contributed by atoms with Crippen molar-refractivity contribution in [3.05, 3.63) is 24.5 Å². The number of pyridine rings is 1. The molecule has 0 atom stereocenters. The van der Waals surface area contributed by atoms with E-state index >= 15 is 0 Å². The fourth-order valence-corrected chi connectivity index (χ4v) is 1.33. The molecule has 0 saturated carbocycles. The molecule has 0 aliphatic heterocycles. The van der Waals surface area contributed by atoms with Crippen LogP contribution in [0.25, 0.3) is 0 Å². The maximum Gasteiger partial charge on any atom is 0.220 e. The lowest BCUT2D eigenvalue weighted by molar-refractivity contribution is -0.123. The number of rotatable bonds is 7. The number of carbonyl (C=O) groups is 1. The van der Waals surface area contributed by atoms with Crippen LogP contribution >= 0.6 is 0 Å². The van der Waals surface area contributed by atoms with Gasteiger partial charge < -0.3 is 15.2 Å². The molecule has 1 heterocycles. The Labute approximate surface area is 107 Å². The fraction of sp³-hybridized carbons (Fsp3) is 0.538. The zero-order chi connectivity index (χ0) is 13.4. The van der Waals surface area contributed by atoms with Crippen molar-refractivity contribution in [2.75, 3.05) is 13.2 Å². The molecule has 0 spiro atoms. The molecule has 5 nitrogen and oxygen atoms in total. The van der Waals surface area contributed by atoms with E-state index in [-0.39, 0.29) is 12.5 Å². The van der Waals surface area contributed by atoms with Crippen molar-refractivity contribution >= 4 is 5.91 Å². The van der Waals surface area contributed by atoms with Gasteiger partial charge in [-0.15, -0.1) is 0 Å². The Bertz CT molecular complexity index is 366. The van der Waals surface area contributed by atoms with E-state index in [4.69, 9.17) is 9.84 Å². The van der Waals surface area contributed by atoms with Crippen molar-refractivity contribution in [1.82, 2.24) is 10.3 Å². The van der Waals surface area contributed by atoms with E-state index in [0.717, 1.165) is 0 Å². The number of aromatic nitrogens is 1. The lowest BCUT2D eigenvalue weighted by Crippen LogP contribution is -2.46. The molecule has 2 N–H and O–H groups in total. The molecule has 5 heteroatoms. The van der Waals surface area contributed by atoms with Crippen LogP contribution in [0, 0.1) is 0 Å². The molecule has 100 valence electrons. The van der Waals surface area contributed by atoms with Crippen LogP contribution < -0.4 is 10.1 Å². The van der Waals surface area contributed by atoms with Gasteiger partial charge in [0.15, 0.2) is 0 Å². The summed E-state index contributed by atoms with van der Waals surface area (Å²) in [5.74, 6) is 0.623. The number of carbonyl (C=O) groups excluding carboxylic acids is 1. The molecule has 0 radical (unpaired) electrons. The number of hydrogen-bond acceptors (Lipinski definition) is 4. The molecule has 0 aliphatic carbocycles. The van der Waals surface area contributed by atoms with Crippen molar-refractivity contribution in [3.63, 3.8) is 0 Å². The normalized spacial score (nSPS) is 11.1. The van der Waals surface area contributed by atoms with Crippen LogP contribution in [0.1, 0.15) is 26.7 Å². The highest BCUT2D eigenvalue weighted by molar-refractivity contribution is 5.76. The number of aliphatic hydroxyl groups is 1. The second kappa shape index (κ2) is 6.96. The summed E-state index contributed by atoms with van der Waals surface area (Å²) in [6, 6.07) is 3.62. The smallest absolute Gasteiger partial charge is 0.220 e. The van der Waals surface area contributed by atoms with Crippen molar-refractivity contribution in [1.29, 1.82) is 0 Å². The van der Waals surface area contributed by atoms with Crippen LogP contribution in [0.5, 0.6) is 5.75 Å². The zero-order valence-electron chi connectivity index (χ0n) is 10.8. The molecule has 0 fully saturated rings. The van der Waals surface area contributed by atoms with Gasteiger partial charge in [0.05, 0.1) is 24.9 Å². The van der Waals surface area contributed by atoms with Crippen LogP contribution in [-0.2, 0) is 4.79 Å². The average molecular weight is 252 g/mol. The molecule has 0 unspecified atom stereocenters. The summed E-state index contributed by atoms with van der Waals surface area (Å²) in [4.78, 5) is 15.5. The Balaban J connectivity index is 2.17. The van der Waals surface area contributed by atoms with Crippen LogP contribution in [0.4, 0.5) is 0 Å². The minimum absolute atomic E-state index is 0.0784. The van der Waals surface area contributed by atoms with Gasteiger partial charge in [-0.2, -0.15) is 0 Å². The highest BCUT2D eigenvalue weighted by Crippen LogP contribution is 2.07. The molecule has 1 amide bonds. The molecular formula is C13H20N2O3. The van der Waals surface area contributed by atoms with Gasteiger partial charge in [0, 0.05) is 12.6 Å². The minimum Gasteiger partial charge on any atom is -0.492 e. The number of aliphatic hydroxyl groups excluding tert-OH is 1. The van der Waals surface area contributed by atoms with Gasteiger partial charge in [0.25, 0.3) is 0 Å². The Hall–Kier alpha value is -1.62. The Morgan fingerprint density at radius 1 is 1.56 bits per heavy atom. The van der Waals surface area contributed by atoms with Crippen LogP contribution in [0.3, 0.4) is 0 Å². The summed E-state index contributed by atoms with van der Waals surface area (Å²) in [6.07, 6.45) is 4.32. The van der Waals surface area contributed by atoms with Gasteiger partial charge in [-0.1, -0.05) is 0 Å². The van der Waals surface area contributed by atoms with E-state index in [1.165, 1.54) is 0 Å². The van der Waals surface area contributed by atoms with E-state index in [1.807, 2.05) is 6.07 Å². The summed E-state index contributed by atoms with van der Waals surface area (Å²) in [5, 5.41) is 11.8. The Kier molecular flexibility index (Phi) is 5.58. The second-order valence-corrected chi connectivity index (χ2v) is 4.73. The fourth-order valence-electron chi connectivity index (χ4n) is 1.33. The van der Waals surface area contributed by atoms with E-state index in [0.29, 0.717) is 25.2 Å². The molecule has 0 aliphatic rings. The summed E-state index contributed by atoms with van der Waals surface area (Å²) >= 11 is 0. The van der Waals surface area contributed by atoms with Crippen LogP contribution in [0.15, 0.2) is 24.5 Å². The zero-order valence-corrected chi connectivity index (χ0v) is 10.8. The molecular weight excluding hydrogens is 232 g/mol. The van der Waals surface area contributed by atoms with Gasteiger partial charge in [-0.25, -0.2) is 0 Å². The van der Waals surface area contributed by atoms with Gasteiger partial charge in [-0.3, -0.25) is 9.78 Å². The van der Waals surface area contributed by atoms with Gasteiger partial charge in [0.2, 0.25) is 5.91 Å². The quantitative estimate of drug-likeness (QED) is 0.714. The van der Waals surface area contributed by atoms with E-state index in [1.54, 1.807) is 32.3 Å². The van der Waals surface area contributed by atoms with Gasteiger partial charge in [0.1, 0.15) is 5.75 Å². The predicted octanol–water partition coefficient (Wildman–Crippen LogP) is 1.13. The maximum atomic E-state index is 11.5. The lowest BCUT2D eigenvalue weighted by atomic mass is 10.1. The third-order valence-electron chi connectivity index (χ3n) is 2.32. The first-order valence-corrected chi connectivity index (χ1v) is 5.98. The van der Waals surface area contributed by atoms with E-state index in [2.05, 4.69) is 10.3 Å². The highest BCUT2D eigenvalue weighted by atomic mass is 16.5. The van der Waals surface area contributed by atoms with Gasteiger partial charge in [-0.05, 0) is 32.4 Å². The van der Waals surface area contributed by atoms with Crippen molar-refractivity contribution in [2.24, 2.45) is 0 Å². The molecule has 0 aromatic carbocycles. The summed E-state index contributed by atoms with van der Waals surface area (Å²) in [5.41, 5.74) is -0.568. The van der Waals surface area contributed by atoms with E-state index < -0.39 is 5.54 Å². The Morgan fingerprint density at radius 2 is 2.33 bits per heavy atom. The first-order chi connectivity index (χ1) is 8.53.